The number of hydrogen-bond donors (Lipinski definition) is 2. The van der Waals surface area contributed by atoms with Crippen molar-refractivity contribution in [3.05, 3.63) is 27.7 Å². The predicted molar refractivity (Wildman–Crippen MR) is 95.4 cm³/mol. The van der Waals surface area contributed by atoms with E-state index in [1.165, 1.54) is 0 Å². The number of carbonyl (C=O) groups is 1. The molecule has 1 amide bonds. The van der Waals surface area contributed by atoms with Crippen LogP contribution in [0, 0.1) is 0 Å². The van der Waals surface area contributed by atoms with Crippen molar-refractivity contribution in [1.29, 1.82) is 0 Å². The Morgan fingerprint density at radius 1 is 1.25 bits per heavy atom. The summed E-state index contributed by atoms with van der Waals surface area (Å²) >= 11 is 12.3. The number of piperidine rings is 1. The summed E-state index contributed by atoms with van der Waals surface area (Å²) in [6.07, 6.45) is 2.47. The summed E-state index contributed by atoms with van der Waals surface area (Å²) < 4.78 is 25.0. The molecule has 9 heteroatoms. The van der Waals surface area contributed by atoms with Gasteiger partial charge in [0.2, 0.25) is 15.9 Å². The minimum Gasteiger partial charge on any atom is -0.317 e. The van der Waals surface area contributed by atoms with Crippen molar-refractivity contribution in [1.82, 2.24) is 10.0 Å². The van der Waals surface area contributed by atoms with Crippen LogP contribution >= 0.6 is 23.2 Å². The van der Waals surface area contributed by atoms with Crippen LogP contribution in [0.4, 0.5) is 5.69 Å². The Morgan fingerprint density at radius 3 is 2.50 bits per heavy atom. The van der Waals surface area contributed by atoms with Crippen molar-refractivity contribution in [3.63, 3.8) is 0 Å². The molecule has 2 aliphatic rings. The number of sulfonamides is 1. The first-order chi connectivity index (χ1) is 11.2. The normalized spacial score (nSPS) is 19.8. The molecule has 1 aromatic rings. The quantitative estimate of drug-likeness (QED) is 0.815. The molecule has 0 radical (unpaired) electrons. The molecule has 6 nitrogen and oxygen atoms in total. The fourth-order valence-electron chi connectivity index (χ4n) is 3.53. The van der Waals surface area contributed by atoms with Gasteiger partial charge in [-0.1, -0.05) is 23.2 Å². The zero-order valence-corrected chi connectivity index (χ0v) is 15.6. The van der Waals surface area contributed by atoms with Gasteiger partial charge in [0.15, 0.2) is 0 Å². The van der Waals surface area contributed by atoms with Crippen LogP contribution in [0.5, 0.6) is 0 Å². The van der Waals surface area contributed by atoms with Gasteiger partial charge in [-0.2, -0.15) is 0 Å². The number of carbonyl (C=O) groups excluding carboxylic acids is 1. The number of halogens is 2. The molecule has 0 unspecified atom stereocenters. The maximum Gasteiger partial charge on any atom is 0.237 e. The average Bonchev–Trinajstić information content (AvgIpc) is 2.71. The topological polar surface area (TPSA) is 78.5 Å². The molecule has 2 aliphatic heterocycles. The van der Waals surface area contributed by atoms with E-state index < -0.39 is 15.4 Å². The van der Waals surface area contributed by atoms with Crippen LogP contribution in [0.3, 0.4) is 0 Å². The van der Waals surface area contributed by atoms with Gasteiger partial charge in [-0.05, 0) is 43.6 Å². The van der Waals surface area contributed by atoms with E-state index >= 15 is 0 Å². The number of rotatable bonds is 4. The zero-order valence-electron chi connectivity index (χ0n) is 13.2. The van der Waals surface area contributed by atoms with Gasteiger partial charge >= 0.3 is 0 Å². The lowest BCUT2D eigenvalue weighted by molar-refractivity contribution is -0.124. The van der Waals surface area contributed by atoms with Gasteiger partial charge in [0, 0.05) is 18.8 Å². The SMILES string of the molecule is CS(=O)(=O)NCCN1C(=O)C2(CCNCC2)c2cc(Cl)c(Cl)cc21. The Kier molecular flexibility index (Phi) is 4.83. The number of amides is 1. The van der Waals surface area contributed by atoms with Gasteiger partial charge in [-0.3, -0.25) is 4.79 Å². The summed E-state index contributed by atoms with van der Waals surface area (Å²) in [5.41, 5.74) is 1.02. The number of fused-ring (bicyclic) bond motifs is 2. The first-order valence-electron chi connectivity index (χ1n) is 7.71. The van der Waals surface area contributed by atoms with E-state index in [1.54, 1.807) is 17.0 Å². The lowest BCUT2D eigenvalue weighted by atomic mass is 9.74. The zero-order chi connectivity index (χ0) is 17.5. The number of benzene rings is 1. The predicted octanol–water partition coefficient (Wildman–Crippen LogP) is 1.51. The van der Waals surface area contributed by atoms with Gasteiger partial charge in [0.25, 0.3) is 0 Å². The highest BCUT2D eigenvalue weighted by Crippen LogP contribution is 2.49. The van der Waals surface area contributed by atoms with Crippen LogP contribution < -0.4 is 14.9 Å². The van der Waals surface area contributed by atoms with Crippen molar-refractivity contribution in [2.75, 3.05) is 37.3 Å². The fraction of sp³-hybridized carbons (Fsp3) is 0.533. The van der Waals surface area contributed by atoms with Crippen LogP contribution in [-0.4, -0.2) is 46.8 Å². The van der Waals surface area contributed by atoms with E-state index in [-0.39, 0.29) is 19.0 Å². The maximum atomic E-state index is 13.2. The third-order valence-corrected chi connectivity index (χ3v) is 6.11. The molecule has 0 aromatic heterocycles. The second-order valence-electron chi connectivity index (χ2n) is 6.24. The molecule has 3 rings (SSSR count). The fourth-order valence-corrected chi connectivity index (χ4v) is 4.31. The molecule has 0 bridgehead atoms. The van der Waals surface area contributed by atoms with Gasteiger partial charge in [0.05, 0.1) is 21.7 Å². The van der Waals surface area contributed by atoms with Crippen molar-refractivity contribution in [2.24, 2.45) is 0 Å². The highest BCUT2D eigenvalue weighted by Gasteiger charge is 2.51. The molecule has 1 saturated heterocycles. The summed E-state index contributed by atoms with van der Waals surface area (Å²) in [5, 5.41) is 4.08. The highest BCUT2D eigenvalue weighted by molar-refractivity contribution is 7.88. The summed E-state index contributed by atoms with van der Waals surface area (Å²) in [4.78, 5) is 14.8. The smallest absolute Gasteiger partial charge is 0.237 e. The van der Waals surface area contributed by atoms with Crippen LogP contribution in [0.2, 0.25) is 10.0 Å². The van der Waals surface area contributed by atoms with Crippen molar-refractivity contribution in [2.45, 2.75) is 18.3 Å². The lowest BCUT2D eigenvalue weighted by Gasteiger charge is -2.33. The van der Waals surface area contributed by atoms with Crippen molar-refractivity contribution in [3.8, 4) is 0 Å². The summed E-state index contributed by atoms with van der Waals surface area (Å²) in [7, 11) is -3.30. The first-order valence-corrected chi connectivity index (χ1v) is 10.4. The first kappa shape index (κ1) is 17.9. The second kappa shape index (κ2) is 6.46. The van der Waals surface area contributed by atoms with E-state index in [4.69, 9.17) is 23.2 Å². The molecule has 1 spiro atoms. The molecule has 0 saturated carbocycles. The molecule has 0 aliphatic carbocycles. The Bertz CT molecular complexity index is 776. The molecule has 2 heterocycles. The minimum atomic E-state index is -3.30. The summed E-state index contributed by atoms with van der Waals surface area (Å²) in [6, 6.07) is 3.49. The van der Waals surface area contributed by atoms with E-state index in [0.717, 1.165) is 30.6 Å². The Hall–Kier alpha value is -0.860. The third-order valence-electron chi connectivity index (χ3n) is 4.66. The average molecular weight is 392 g/mol. The molecule has 2 N–H and O–H groups in total. The van der Waals surface area contributed by atoms with Gasteiger partial charge in [0.1, 0.15) is 0 Å². The number of nitrogens with zero attached hydrogens (tertiary/aromatic N) is 1. The second-order valence-corrected chi connectivity index (χ2v) is 8.89. The van der Waals surface area contributed by atoms with Crippen LogP contribution in [0.1, 0.15) is 18.4 Å². The van der Waals surface area contributed by atoms with Crippen molar-refractivity contribution < 1.29 is 13.2 Å². The summed E-state index contributed by atoms with van der Waals surface area (Å²) in [6.45, 7) is 1.91. The largest absolute Gasteiger partial charge is 0.317 e. The lowest BCUT2D eigenvalue weighted by Crippen LogP contribution is -2.48. The third kappa shape index (κ3) is 3.15. The standard InChI is InChI=1S/C15H19Cl2N3O3S/c1-24(22,23)19-6-7-20-13-9-12(17)11(16)8-10(13)15(14(20)21)2-4-18-5-3-15/h8-9,18-19H,2-7H2,1H3. The monoisotopic (exact) mass is 391 g/mol. The Balaban J connectivity index is 1.97. The highest BCUT2D eigenvalue weighted by atomic mass is 35.5. The van der Waals surface area contributed by atoms with E-state index in [2.05, 4.69) is 10.0 Å². The molecular formula is C15H19Cl2N3O3S. The van der Waals surface area contributed by atoms with Crippen LogP contribution in [0.25, 0.3) is 0 Å². The van der Waals surface area contributed by atoms with E-state index in [0.29, 0.717) is 22.9 Å². The molecule has 1 aromatic carbocycles. The van der Waals surface area contributed by atoms with Gasteiger partial charge in [-0.15, -0.1) is 0 Å². The molecule has 24 heavy (non-hydrogen) atoms. The Labute approximate surface area is 151 Å². The number of hydrogen-bond acceptors (Lipinski definition) is 4. The molecular weight excluding hydrogens is 373 g/mol. The van der Waals surface area contributed by atoms with Crippen molar-refractivity contribution >= 4 is 44.8 Å². The summed E-state index contributed by atoms with van der Waals surface area (Å²) in [5.74, 6) is -0.00682. The van der Waals surface area contributed by atoms with Gasteiger partial charge in [-0.25, -0.2) is 13.1 Å². The van der Waals surface area contributed by atoms with E-state index in [1.807, 2.05) is 0 Å². The van der Waals surface area contributed by atoms with E-state index in [9.17, 15) is 13.2 Å². The maximum absolute atomic E-state index is 13.2. The molecule has 1 fully saturated rings. The molecule has 0 atom stereocenters. The number of nitrogens with one attached hydrogen (secondary N) is 2. The van der Waals surface area contributed by atoms with Crippen LogP contribution in [0.15, 0.2) is 12.1 Å². The minimum absolute atomic E-state index is 0.00682. The number of anilines is 1. The Morgan fingerprint density at radius 2 is 1.88 bits per heavy atom. The van der Waals surface area contributed by atoms with Crippen LogP contribution in [-0.2, 0) is 20.2 Å². The van der Waals surface area contributed by atoms with Gasteiger partial charge < -0.3 is 10.2 Å². The molecule has 132 valence electrons.